The molecule has 0 radical (unpaired) electrons. The Bertz CT molecular complexity index is 124. The number of rotatable bonds is 4. The van der Waals surface area contributed by atoms with E-state index in [1.165, 1.54) is 0 Å². The maximum absolute atomic E-state index is 8.96. The van der Waals surface area contributed by atoms with Crippen LogP contribution in [0, 0.1) is 0 Å². The van der Waals surface area contributed by atoms with Crippen LogP contribution in [0.5, 0.6) is 0 Å². The van der Waals surface area contributed by atoms with Crippen LogP contribution in [0.2, 0.25) is 0 Å². The van der Waals surface area contributed by atoms with E-state index in [-0.39, 0.29) is 5.60 Å². The summed E-state index contributed by atoms with van der Waals surface area (Å²) in [4.78, 5) is 0. The Kier molecular flexibility index (Phi) is 4.38. The average molecular weight is 158 g/mol. The van der Waals surface area contributed by atoms with Crippen LogP contribution in [-0.2, 0) is 4.74 Å². The molecule has 2 heteroatoms. The van der Waals surface area contributed by atoms with Gasteiger partial charge in [0.25, 0.3) is 0 Å². The number of methoxy groups -OCH3 is 1. The van der Waals surface area contributed by atoms with Crippen molar-refractivity contribution in [3.63, 3.8) is 0 Å². The van der Waals surface area contributed by atoms with E-state index in [0.717, 1.165) is 6.42 Å². The van der Waals surface area contributed by atoms with Gasteiger partial charge < -0.3 is 9.84 Å². The summed E-state index contributed by atoms with van der Waals surface area (Å²) in [6.45, 7) is 5.77. The molecule has 0 aliphatic rings. The first-order valence-corrected chi connectivity index (χ1v) is 3.96. The fourth-order valence-electron chi connectivity index (χ4n) is 0.673. The third kappa shape index (κ3) is 4.17. The Labute approximate surface area is 68.9 Å². The number of hydrogen-bond acceptors (Lipinski definition) is 2. The number of hydrogen-bond donors (Lipinski definition) is 1. The first-order chi connectivity index (χ1) is 5.04. The van der Waals surface area contributed by atoms with E-state index in [2.05, 4.69) is 6.92 Å². The second kappa shape index (κ2) is 4.52. The topological polar surface area (TPSA) is 29.5 Å². The van der Waals surface area contributed by atoms with Gasteiger partial charge in [-0.05, 0) is 20.3 Å². The first kappa shape index (κ1) is 10.7. The summed E-state index contributed by atoms with van der Waals surface area (Å²) in [6.07, 6.45) is 4.16. The summed E-state index contributed by atoms with van der Waals surface area (Å²) < 4.78 is 5.24. The molecule has 0 aliphatic heterocycles. The zero-order chi connectivity index (χ0) is 8.91. The van der Waals surface area contributed by atoms with Gasteiger partial charge in [-0.15, -0.1) is 0 Å². The molecule has 0 heterocycles. The largest absolute Gasteiger partial charge is 0.389 e. The summed E-state index contributed by atoms with van der Waals surface area (Å²) in [7, 11) is 1.68. The van der Waals surface area contributed by atoms with Gasteiger partial charge in [-0.25, -0.2) is 0 Å². The van der Waals surface area contributed by atoms with Crippen molar-refractivity contribution in [2.24, 2.45) is 0 Å². The highest BCUT2D eigenvalue weighted by molar-refractivity contribution is 5.00. The fourth-order valence-corrected chi connectivity index (χ4v) is 0.673. The molecule has 2 nitrogen and oxygen atoms in total. The highest BCUT2D eigenvalue weighted by Crippen LogP contribution is 2.15. The molecule has 66 valence electrons. The highest BCUT2D eigenvalue weighted by atomic mass is 16.5. The summed E-state index contributed by atoms with van der Waals surface area (Å²) in [5.41, 5.74) is -0.225. The van der Waals surface area contributed by atoms with E-state index in [1.807, 2.05) is 13.0 Å². The van der Waals surface area contributed by atoms with E-state index < -0.39 is 6.10 Å². The molecular weight excluding hydrogens is 140 g/mol. The molecule has 0 fully saturated rings. The second-order valence-electron chi connectivity index (χ2n) is 2.97. The Morgan fingerprint density at radius 3 is 2.45 bits per heavy atom. The lowest BCUT2D eigenvalue weighted by Crippen LogP contribution is -2.23. The molecule has 0 aliphatic carbocycles. The highest BCUT2D eigenvalue weighted by Gasteiger charge is 2.16. The monoisotopic (exact) mass is 158 g/mol. The molecular formula is C9H18O2. The summed E-state index contributed by atoms with van der Waals surface area (Å²) >= 11 is 0. The van der Waals surface area contributed by atoms with Crippen molar-refractivity contribution in [3.8, 4) is 0 Å². The van der Waals surface area contributed by atoms with E-state index in [9.17, 15) is 0 Å². The lowest BCUT2D eigenvalue weighted by molar-refractivity contribution is 0.0446. The minimum atomic E-state index is -0.393. The van der Waals surface area contributed by atoms with E-state index >= 15 is 0 Å². The first-order valence-electron chi connectivity index (χ1n) is 3.96. The predicted molar refractivity (Wildman–Crippen MR) is 46.5 cm³/mol. The predicted octanol–water partition coefficient (Wildman–Crippen LogP) is 1.74. The zero-order valence-electron chi connectivity index (χ0n) is 7.79. The van der Waals surface area contributed by atoms with Gasteiger partial charge in [0.15, 0.2) is 0 Å². The Balaban J connectivity index is 4.06. The van der Waals surface area contributed by atoms with E-state index in [0.29, 0.717) is 0 Å². The van der Waals surface area contributed by atoms with Crippen molar-refractivity contribution in [2.75, 3.05) is 7.11 Å². The van der Waals surface area contributed by atoms with Crippen molar-refractivity contribution < 1.29 is 9.84 Å². The molecule has 0 aromatic rings. The number of aliphatic hydroxyl groups excluding tert-OH is 1. The van der Waals surface area contributed by atoms with Crippen molar-refractivity contribution in [1.29, 1.82) is 0 Å². The maximum atomic E-state index is 8.96. The van der Waals surface area contributed by atoms with Crippen molar-refractivity contribution in [3.05, 3.63) is 12.2 Å². The minimum Gasteiger partial charge on any atom is -0.389 e. The van der Waals surface area contributed by atoms with Gasteiger partial charge in [0.2, 0.25) is 0 Å². The summed E-state index contributed by atoms with van der Waals surface area (Å²) in [6, 6.07) is 0. The van der Waals surface area contributed by atoms with Crippen LogP contribution in [0.3, 0.4) is 0 Å². The normalized spacial score (nSPS) is 20.1. The average Bonchev–Trinajstić information content (AvgIpc) is 2.00. The van der Waals surface area contributed by atoms with Crippen LogP contribution < -0.4 is 0 Å². The molecule has 0 amide bonds. The zero-order valence-corrected chi connectivity index (χ0v) is 7.79. The quantitative estimate of drug-likeness (QED) is 0.631. The minimum absolute atomic E-state index is 0.225. The van der Waals surface area contributed by atoms with Gasteiger partial charge in [-0.3, -0.25) is 0 Å². The van der Waals surface area contributed by atoms with Gasteiger partial charge in [-0.2, -0.15) is 0 Å². The molecule has 1 N–H and O–H groups in total. The molecule has 0 aromatic carbocycles. The van der Waals surface area contributed by atoms with Crippen LogP contribution in [0.4, 0.5) is 0 Å². The van der Waals surface area contributed by atoms with Crippen LogP contribution in [0.1, 0.15) is 27.2 Å². The van der Waals surface area contributed by atoms with Gasteiger partial charge >= 0.3 is 0 Å². The molecule has 2 atom stereocenters. The van der Waals surface area contributed by atoms with Crippen LogP contribution in [0.15, 0.2) is 12.2 Å². The fraction of sp³-hybridized carbons (Fsp3) is 0.778. The lowest BCUT2D eigenvalue weighted by atomic mass is 10.0. The second-order valence-corrected chi connectivity index (χ2v) is 2.97. The maximum Gasteiger partial charge on any atom is 0.0828 e. The molecule has 0 saturated carbocycles. The lowest BCUT2D eigenvalue weighted by Gasteiger charge is -2.22. The third-order valence-corrected chi connectivity index (χ3v) is 1.90. The Hall–Kier alpha value is -0.340. The molecule has 0 rings (SSSR count). The van der Waals surface area contributed by atoms with Gasteiger partial charge in [-0.1, -0.05) is 19.1 Å². The standard InChI is InChI=1S/C9H18O2/c1-5-9(3,11-4)7-6-8(2)10/h6-8,10H,5H2,1-4H3/b7-6+. The summed E-state index contributed by atoms with van der Waals surface area (Å²) in [5, 5.41) is 8.96. The van der Waals surface area contributed by atoms with Gasteiger partial charge in [0, 0.05) is 7.11 Å². The van der Waals surface area contributed by atoms with Crippen LogP contribution in [0.25, 0.3) is 0 Å². The van der Waals surface area contributed by atoms with Crippen LogP contribution >= 0.6 is 0 Å². The van der Waals surface area contributed by atoms with E-state index in [4.69, 9.17) is 9.84 Å². The molecule has 0 spiro atoms. The number of aliphatic hydroxyl groups is 1. The Morgan fingerprint density at radius 2 is 2.18 bits per heavy atom. The molecule has 11 heavy (non-hydrogen) atoms. The molecule has 0 bridgehead atoms. The summed E-state index contributed by atoms with van der Waals surface area (Å²) in [5.74, 6) is 0. The molecule has 0 saturated heterocycles. The molecule has 2 unspecified atom stereocenters. The number of ether oxygens (including phenoxy) is 1. The van der Waals surface area contributed by atoms with Crippen molar-refractivity contribution >= 4 is 0 Å². The van der Waals surface area contributed by atoms with Crippen molar-refractivity contribution in [2.45, 2.75) is 38.9 Å². The Morgan fingerprint density at radius 1 is 1.64 bits per heavy atom. The smallest absolute Gasteiger partial charge is 0.0828 e. The van der Waals surface area contributed by atoms with Gasteiger partial charge in [0.1, 0.15) is 0 Å². The van der Waals surface area contributed by atoms with Crippen molar-refractivity contribution in [1.82, 2.24) is 0 Å². The SMILES string of the molecule is CCC(C)(/C=C/C(C)O)OC. The third-order valence-electron chi connectivity index (χ3n) is 1.90. The van der Waals surface area contributed by atoms with Gasteiger partial charge in [0.05, 0.1) is 11.7 Å². The van der Waals surface area contributed by atoms with Crippen LogP contribution in [-0.4, -0.2) is 23.9 Å². The molecule has 0 aromatic heterocycles. The van der Waals surface area contributed by atoms with E-state index in [1.54, 1.807) is 20.1 Å².